The number of hydrogen-bond donors (Lipinski definition) is 2. The Bertz CT molecular complexity index is 658. The molecule has 7 heteroatoms. The van der Waals surface area contributed by atoms with Crippen LogP contribution < -0.4 is 5.32 Å². The number of benzene rings is 1. The Morgan fingerprint density at radius 1 is 1.29 bits per heavy atom. The molecule has 0 saturated carbocycles. The van der Waals surface area contributed by atoms with Crippen molar-refractivity contribution >= 4 is 17.5 Å². The van der Waals surface area contributed by atoms with Crippen molar-refractivity contribution in [2.45, 2.75) is 12.5 Å². The minimum atomic E-state index is -1.38. The lowest BCUT2D eigenvalue weighted by Crippen LogP contribution is -2.40. The van der Waals surface area contributed by atoms with E-state index in [0.29, 0.717) is 5.56 Å². The number of carbonyl (C=O) groups is 1. The van der Waals surface area contributed by atoms with Gasteiger partial charge in [-0.1, -0.05) is 30.3 Å². The second-order valence-corrected chi connectivity index (χ2v) is 4.58. The third-order valence-corrected chi connectivity index (χ3v) is 3.12. The van der Waals surface area contributed by atoms with Crippen molar-refractivity contribution in [2.75, 3.05) is 5.32 Å². The maximum atomic E-state index is 11.6. The standard InChI is InChI=1S/C14H13N3O4/c1-14(13(18)19,10-5-3-2-4-6-10)16-12-8-7-11(9-15-12)17(20)21/h2-9H,1H3,(H,15,16)(H,18,19). The summed E-state index contributed by atoms with van der Waals surface area (Å²) in [6.45, 7) is 1.51. The molecule has 1 unspecified atom stereocenters. The number of rotatable bonds is 5. The smallest absolute Gasteiger partial charge is 0.333 e. The first-order valence-corrected chi connectivity index (χ1v) is 6.11. The summed E-state index contributed by atoms with van der Waals surface area (Å²) >= 11 is 0. The second-order valence-electron chi connectivity index (χ2n) is 4.58. The Morgan fingerprint density at radius 3 is 2.43 bits per heavy atom. The highest BCUT2D eigenvalue weighted by molar-refractivity contribution is 5.83. The zero-order valence-electron chi connectivity index (χ0n) is 11.2. The van der Waals surface area contributed by atoms with Crippen LogP contribution in [0.15, 0.2) is 48.7 Å². The molecule has 0 bridgehead atoms. The van der Waals surface area contributed by atoms with Gasteiger partial charge in [-0.2, -0.15) is 0 Å². The van der Waals surface area contributed by atoms with E-state index in [1.165, 1.54) is 19.1 Å². The van der Waals surface area contributed by atoms with E-state index in [2.05, 4.69) is 10.3 Å². The molecule has 0 fully saturated rings. The van der Waals surface area contributed by atoms with E-state index in [9.17, 15) is 20.0 Å². The van der Waals surface area contributed by atoms with Crippen molar-refractivity contribution in [1.82, 2.24) is 4.98 Å². The van der Waals surface area contributed by atoms with Crippen molar-refractivity contribution < 1.29 is 14.8 Å². The Kier molecular flexibility index (Phi) is 3.84. The molecule has 0 aliphatic heterocycles. The van der Waals surface area contributed by atoms with Gasteiger partial charge < -0.3 is 10.4 Å². The first-order chi connectivity index (χ1) is 9.93. The van der Waals surface area contributed by atoms with Crippen molar-refractivity contribution in [1.29, 1.82) is 0 Å². The van der Waals surface area contributed by atoms with E-state index in [-0.39, 0.29) is 11.5 Å². The summed E-state index contributed by atoms with van der Waals surface area (Å²) < 4.78 is 0. The lowest BCUT2D eigenvalue weighted by Gasteiger charge is -2.27. The monoisotopic (exact) mass is 287 g/mol. The Morgan fingerprint density at radius 2 is 1.95 bits per heavy atom. The number of carboxylic acids is 1. The Labute approximate surface area is 120 Å². The van der Waals surface area contributed by atoms with Crippen LogP contribution in [0.25, 0.3) is 0 Å². The van der Waals surface area contributed by atoms with Crippen LogP contribution in [0.3, 0.4) is 0 Å². The summed E-state index contributed by atoms with van der Waals surface area (Å²) in [5.74, 6) is -0.830. The first-order valence-electron chi connectivity index (χ1n) is 6.11. The molecule has 108 valence electrons. The highest BCUT2D eigenvalue weighted by Gasteiger charge is 2.35. The predicted octanol–water partition coefficient (Wildman–Crippen LogP) is 2.40. The summed E-state index contributed by atoms with van der Waals surface area (Å²) in [5, 5.41) is 22.9. The Balaban J connectivity index is 2.33. The lowest BCUT2D eigenvalue weighted by molar-refractivity contribution is -0.385. The Hall–Kier alpha value is -2.96. The number of pyridine rings is 1. The molecule has 2 N–H and O–H groups in total. The van der Waals surface area contributed by atoms with Crippen molar-refractivity contribution in [2.24, 2.45) is 0 Å². The van der Waals surface area contributed by atoms with Crippen molar-refractivity contribution in [3.8, 4) is 0 Å². The fourth-order valence-electron chi connectivity index (χ4n) is 1.84. The molecule has 1 aromatic carbocycles. The van der Waals surface area contributed by atoms with Crippen LogP contribution in [0.2, 0.25) is 0 Å². The summed E-state index contributed by atoms with van der Waals surface area (Å²) in [6, 6.07) is 11.3. The fraction of sp³-hybridized carbons (Fsp3) is 0.143. The zero-order chi connectivity index (χ0) is 15.5. The summed E-state index contributed by atoms with van der Waals surface area (Å²) in [7, 11) is 0. The average Bonchev–Trinajstić information content (AvgIpc) is 2.48. The van der Waals surface area contributed by atoms with Gasteiger partial charge in [-0.05, 0) is 18.6 Å². The second kappa shape index (κ2) is 5.58. The number of aromatic nitrogens is 1. The normalized spacial score (nSPS) is 13.2. The molecule has 0 aliphatic rings. The van der Waals surface area contributed by atoms with E-state index >= 15 is 0 Å². The van der Waals surface area contributed by atoms with Crippen LogP contribution in [-0.2, 0) is 10.3 Å². The number of carboxylic acid groups (broad SMARTS) is 1. The van der Waals surface area contributed by atoms with Crippen LogP contribution in [0.5, 0.6) is 0 Å². The molecule has 1 aromatic heterocycles. The number of aliphatic carboxylic acids is 1. The van der Waals surface area contributed by atoms with Gasteiger partial charge in [0.2, 0.25) is 0 Å². The molecule has 1 atom stereocenters. The van der Waals surface area contributed by atoms with Gasteiger partial charge in [-0.25, -0.2) is 9.78 Å². The molecular formula is C14H13N3O4. The van der Waals surface area contributed by atoms with Crippen LogP contribution in [0, 0.1) is 10.1 Å². The van der Waals surface area contributed by atoms with Gasteiger partial charge in [-0.15, -0.1) is 0 Å². The third-order valence-electron chi connectivity index (χ3n) is 3.12. The quantitative estimate of drug-likeness (QED) is 0.646. The maximum absolute atomic E-state index is 11.6. The van der Waals surface area contributed by atoms with Gasteiger partial charge in [0.05, 0.1) is 4.92 Å². The number of anilines is 1. The van der Waals surface area contributed by atoms with Crippen molar-refractivity contribution in [3.63, 3.8) is 0 Å². The van der Waals surface area contributed by atoms with E-state index in [4.69, 9.17) is 0 Å². The van der Waals surface area contributed by atoms with Crippen LogP contribution in [0.1, 0.15) is 12.5 Å². The fourth-order valence-corrected chi connectivity index (χ4v) is 1.84. The molecule has 0 amide bonds. The van der Waals surface area contributed by atoms with E-state index in [1.54, 1.807) is 30.3 Å². The van der Waals surface area contributed by atoms with Gasteiger partial charge in [0.15, 0.2) is 5.54 Å². The number of hydrogen-bond acceptors (Lipinski definition) is 5. The van der Waals surface area contributed by atoms with Gasteiger partial charge in [0.1, 0.15) is 12.0 Å². The van der Waals surface area contributed by atoms with Gasteiger partial charge >= 0.3 is 5.97 Å². The SMILES string of the molecule is CC(Nc1ccc([N+](=O)[O-])cn1)(C(=O)O)c1ccccc1. The lowest BCUT2D eigenvalue weighted by atomic mass is 9.92. The molecule has 0 aliphatic carbocycles. The zero-order valence-corrected chi connectivity index (χ0v) is 11.2. The molecule has 21 heavy (non-hydrogen) atoms. The predicted molar refractivity (Wildman–Crippen MR) is 75.9 cm³/mol. The van der Waals surface area contributed by atoms with Gasteiger partial charge in [0, 0.05) is 6.07 Å². The van der Waals surface area contributed by atoms with E-state index < -0.39 is 16.4 Å². The van der Waals surface area contributed by atoms with Gasteiger partial charge in [0.25, 0.3) is 5.69 Å². The largest absolute Gasteiger partial charge is 0.479 e. The number of nitrogens with zero attached hydrogens (tertiary/aromatic N) is 2. The molecule has 7 nitrogen and oxygen atoms in total. The van der Waals surface area contributed by atoms with E-state index in [0.717, 1.165) is 6.20 Å². The maximum Gasteiger partial charge on any atom is 0.333 e. The minimum absolute atomic E-state index is 0.155. The molecule has 0 radical (unpaired) electrons. The topological polar surface area (TPSA) is 105 Å². The summed E-state index contributed by atoms with van der Waals surface area (Å²) in [6.07, 6.45) is 1.08. The molecular weight excluding hydrogens is 274 g/mol. The number of nitro groups is 1. The number of nitrogens with one attached hydrogen (secondary N) is 1. The third kappa shape index (κ3) is 2.97. The highest BCUT2D eigenvalue weighted by atomic mass is 16.6. The van der Waals surface area contributed by atoms with Crippen LogP contribution >= 0.6 is 0 Å². The molecule has 1 heterocycles. The highest BCUT2D eigenvalue weighted by Crippen LogP contribution is 2.26. The van der Waals surface area contributed by atoms with Crippen molar-refractivity contribution in [3.05, 3.63) is 64.3 Å². The van der Waals surface area contributed by atoms with Crippen LogP contribution in [-0.4, -0.2) is 21.0 Å². The van der Waals surface area contributed by atoms with Gasteiger partial charge in [-0.3, -0.25) is 10.1 Å². The molecule has 0 spiro atoms. The van der Waals surface area contributed by atoms with E-state index in [1.807, 2.05) is 0 Å². The average molecular weight is 287 g/mol. The van der Waals surface area contributed by atoms with Crippen LogP contribution in [0.4, 0.5) is 11.5 Å². The summed E-state index contributed by atoms with van der Waals surface area (Å²) in [5.41, 5.74) is -0.986. The summed E-state index contributed by atoms with van der Waals surface area (Å²) in [4.78, 5) is 25.5. The minimum Gasteiger partial charge on any atom is -0.479 e. The molecule has 2 rings (SSSR count). The molecule has 2 aromatic rings. The molecule has 0 saturated heterocycles. The first kappa shape index (κ1) is 14.4.